The van der Waals surface area contributed by atoms with Crippen molar-refractivity contribution in [2.24, 2.45) is 5.92 Å². The zero-order valence-corrected chi connectivity index (χ0v) is 14.9. The number of hydrogen-bond donors (Lipinski definition) is 2. The summed E-state index contributed by atoms with van der Waals surface area (Å²) in [4.78, 5) is 11.3. The molecule has 1 atom stereocenters. The number of nitrogens with zero attached hydrogens (tertiary/aromatic N) is 2. The van der Waals surface area contributed by atoms with Crippen LogP contribution in [0.15, 0.2) is 24.5 Å². The Morgan fingerprint density at radius 2 is 2.24 bits per heavy atom. The van der Waals surface area contributed by atoms with E-state index in [0.717, 1.165) is 40.4 Å². The van der Waals surface area contributed by atoms with E-state index in [1.54, 1.807) is 23.7 Å². The number of aliphatic hydroxyl groups is 1. The SMILES string of the molecule is C[C@@H]1CCc2c(sc3ncnc(NCc4ccc(CO)c(F)c4)c23)C1. The van der Waals surface area contributed by atoms with Crippen LogP contribution < -0.4 is 5.32 Å². The van der Waals surface area contributed by atoms with E-state index in [9.17, 15) is 4.39 Å². The number of thiophene rings is 1. The zero-order chi connectivity index (χ0) is 17.4. The maximum Gasteiger partial charge on any atom is 0.138 e. The second-order valence-electron chi connectivity index (χ2n) is 6.69. The number of anilines is 1. The summed E-state index contributed by atoms with van der Waals surface area (Å²) in [5.41, 5.74) is 2.51. The van der Waals surface area contributed by atoms with E-state index >= 15 is 0 Å². The van der Waals surface area contributed by atoms with Crippen LogP contribution in [0.5, 0.6) is 0 Å². The van der Waals surface area contributed by atoms with Crippen LogP contribution >= 0.6 is 11.3 Å². The first-order chi connectivity index (χ1) is 12.2. The molecule has 0 amide bonds. The Bertz CT molecular complexity index is 924. The summed E-state index contributed by atoms with van der Waals surface area (Å²) in [6.45, 7) is 2.49. The lowest BCUT2D eigenvalue weighted by molar-refractivity contribution is 0.275. The first kappa shape index (κ1) is 16.4. The zero-order valence-electron chi connectivity index (χ0n) is 14.1. The van der Waals surface area contributed by atoms with E-state index in [1.165, 1.54) is 22.9 Å². The lowest BCUT2D eigenvalue weighted by Gasteiger charge is -2.18. The number of halogens is 1. The molecule has 0 aliphatic heterocycles. The number of hydrogen-bond acceptors (Lipinski definition) is 5. The summed E-state index contributed by atoms with van der Waals surface area (Å²) >= 11 is 1.77. The van der Waals surface area contributed by atoms with E-state index < -0.39 is 0 Å². The summed E-state index contributed by atoms with van der Waals surface area (Å²) in [6.07, 6.45) is 4.97. The van der Waals surface area contributed by atoms with Crippen LogP contribution in [0.25, 0.3) is 10.2 Å². The van der Waals surface area contributed by atoms with Gasteiger partial charge in [0.25, 0.3) is 0 Å². The predicted molar refractivity (Wildman–Crippen MR) is 98.3 cm³/mol. The summed E-state index contributed by atoms with van der Waals surface area (Å²) in [7, 11) is 0. The smallest absolute Gasteiger partial charge is 0.138 e. The average molecular weight is 357 g/mol. The molecule has 6 heteroatoms. The van der Waals surface area contributed by atoms with Gasteiger partial charge in [-0.2, -0.15) is 0 Å². The van der Waals surface area contributed by atoms with E-state index in [1.807, 2.05) is 6.07 Å². The Hall–Kier alpha value is -2.05. The number of fused-ring (bicyclic) bond motifs is 3. The van der Waals surface area contributed by atoms with Crippen LogP contribution in [0.4, 0.5) is 10.2 Å². The molecule has 1 aromatic carbocycles. The first-order valence-corrected chi connectivity index (χ1v) is 9.34. The highest BCUT2D eigenvalue weighted by Crippen LogP contribution is 2.39. The first-order valence-electron chi connectivity index (χ1n) is 8.53. The highest BCUT2D eigenvalue weighted by molar-refractivity contribution is 7.19. The Morgan fingerprint density at radius 3 is 3.04 bits per heavy atom. The summed E-state index contributed by atoms with van der Waals surface area (Å²) < 4.78 is 13.8. The molecule has 3 aromatic rings. The topological polar surface area (TPSA) is 58.0 Å². The summed E-state index contributed by atoms with van der Waals surface area (Å²) in [6, 6.07) is 4.91. The minimum Gasteiger partial charge on any atom is -0.392 e. The van der Waals surface area contributed by atoms with Gasteiger partial charge in [-0.1, -0.05) is 19.1 Å². The van der Waals surface area contributed by atoms with Crippen LogP contribution in [-0.4, -0.2) is 15.1 Å². The lowest BCUT2D eigenvalue weighted by atomic mass is 9.89. The Labute approximate surface area is 149 Å². The van der Waals surface area contributed by atoms with Crippen molar-refractivity contribution in [3.63, 3.8) is 0 Å². The van der Waals surface area contributed by atoms with Gasteiger partial charge in [0.15, 0.2) is 0 Å². The molecule has 2 heterocycles. The second kappa shape index (κ2) is 6.69. The molecule has 1 aliphatic carbocycles. The molecule has 4 rings (SSSR count). The maximum atomic E-state index is 13.8. The molecule has 0 radical (unpaired) electrons. The van der Waals surface area contributed by atoms with Crippen molar-refractivity contribution in [3.05, 3.63) is 51.9 Å². The van der Waals surface area contributed by atoms with Gasteiger partial charge in [0.2, 0.25) is 0 Å². The van der Waals surface area contributed by atoms with Crippen LogP contribution in [0.2, 0.25) is 0 Å². The standard InChI is InChI=1S/C19H20FN3OS/c1-11-2-5-14-16(6-11)25-19-17(14)18(22-10-23-19)21-8-12-3-4-13(9-24)15(20)7-12/h3-4,7,10-11,24H,2,5-6,8-9H2,1H3,(H,21,22,23)/t11-/m1/s1. The third-order valence-corrected chi connectivity index (χ3v) is 6.00. The third-order valence-electron chi connectivity index (χ3n) is 4.84. The van der Waals surface area contributed by atoms with Gasteiger partial charge in [0, 0.05) is 17.0 Å². The van der Waals surface area contributed by atoms with Crippen LogP contribution in [-0.2, 0) is 26.0 Å². The molecule has 0 bridgehead atoms. The molecule has 4 nitrogen and oxygen atoms in total. The van der Waals surface area contributed by atoms with E-state index in [-0.39, 0.29) is 12.4 Å². The number of aromatic nitrogens is 2. The van der Waals surface area contributed by atoms with Crippen molar-refractivity contribution in [3.8, 4) is 0 Å². The maximum absolute atomic E-state index is 13.8. The highest BCUT2D eigenvalue weighted by atomic mass is 32.1. The average Bonchev–Trinajstić information content (AvgIpc) is 2.98. The quantitative estimate of drug-likeness (QED) is 0.739. The minimum atomic E-state index is -0.378. The molecule has 25 heavy (non-hydrogen) atoms. The number of benzene rings is 1. The van der Waals surface area contributed by atoms with Gasteiger partial charge in [0.05, 0.1) is 12.0 Å². The molecule has 1 aliphatic rings. The second-order valence-corrected chi connectivity index (χ2v) is 7.78. The van der Waals surface area contributed by atoms with Gasteiger partial charge in [0.1, 0.15) is 22.8 Å². The fourth-order valence-electron chi connectivity index (χ4n) is 3.42. The molecular formula is C19H20FN3OS. The van der Waals surface area contributed by atoms with Gasteiger partial charge < -0.3 is 10.4 Å². The molecule has 130 valence electrons. The van der Waals surface area contributed by atoms with Gasteiger partial charge in [-0.05, 0) is 42.4 Å². The number of aryl methyl sites for hydroxylation is 1. The van der Waals surface area contributed by atoms with Crippen molar-refractivity contribution in [1.82, 2.24) is 9.97 Å². The Morgan fingerprint density at radius 1 is 1.36 bits per heavy atom. The fraction of sp³-hybridized carbons (Fsp3) is 0.368. The summed E-state index contributed by atoms with van der Waals surface area (Å²) in [5, 5.41) is 13.5. The van der Waals surface area contributed by atoms with Crippen molar-refractivity contribution in [2.45, 2.75) is 39.3 Å². The van der Waals surface area contributed by atoms with Crippen LogP contribution in [0, 0.1) is 11.7 Å². The van der Waals surface area contributed by atoms with Crippen molar-refractivity contribution in [2.75, 3.05) is 5.32 Å². The van der Waals surface area contributed by atoms with E-state index in [2.05, 4.69) is 22.2 Å². The van der Waals surface area contributed by atoms with E-state index in [4.69, 9.17) is 5.11 Å². The number of nitrogens with one attached hydrogen (secondary N) is 1. The molecule has 0 spiro atoms. The predicted octanol–water partition coefficient (Wildman–Crippen LogP) is 4.06. The van der Waals surface area contributed by atoms with Gasteiger partial charge in [-0.3, -0.25) is 0 Å². The largest absolute Gasteiger partial charge is 0.392 e. The van der Waals surface area contributed by atoms with Gasteiger partial charge >= 0.3 is 0 Å². The monoisotopic (exact) mass is 357 g/mol. The minimum absolute atomic E-state index is 0.286. The van der Waals surface area contributed by atoms with Crippen LogP contribution in [0.1, 0.15) is 34.9 Å². The molecule has 0 fully saturated rings. The fourth-order valence-corrected chi connectivity index (χ4v) is 4.77. The van der Waals surface area contributed by atoms with Crippen LogP contribution in [0.3, 0.4) is 0 Å². The highest BCUT2D eigenvalue weighted by Gasteiger charge is 2.22. The molecule has 0 unspecified atom stereocenters. The number of aliphatic hydroxyl groups excluding tert-OH is 1. The molecule has 0 saturated heterocycles. The van der Waals surface area contributed by atoms with Crippen molar-refractivity contribution in [1.29, 1.82) is 0 Å². The van der Waals surface area contributed by atoms with Gasteiger partial charge in [-0.25, -0.2) is 14.4 Å². The molecule has 2 N–H and O–H groups in total. The Kier molecular flexibility index (Phi) is 4.39. The molecule has 0 saturated carbocycles. The number of rotatable bonds is 4. The summed E-state index contributed by atoms with van der Waals surface area (Å²) in [5.74, 6) is 1.16. The third kappa shape index (κ3) is 3.12. The normalized spacial score (nSPS) is 16.8. The van der Waals surface area contributed by atoms with Gasteiger partial charge in [-0.15, -0.1) is 11.3 Å². The lowest BCUT2D eigenvalue weighted by Crippen LogP contribution is -2.09. The van der Waals surface area contributed by atoms with E-state index in [0.29, 0.717) is 12.1 Å². The Balaban J connectivity index is 1.62. The van der Waals surface area contributed by atoms with Crippen molar-refractivity contribution >= 4 is 27.4 Å². The van der Waals surface area contributed by atoms with Crippen molar-refractivity contribution < 1.29 is 9.50 Å². The molecule has 2 aromatic heterocycles. The molecular weight excluding hydrogens is 337 g/mol.